The maximum absolute atomic E-state index is 6.73. The van der Waals surface area contributed by atoms with E-state index in [1.807, 2.05) is 6.07 Å². The van der Waals surface area contributed by atoms with Crippen molar-refractivity contribution < 1.29 is 4.74 Å². The van der Waals surface area contributed by atoms with Crippen molar-refractivity contribution in [3.63, 3.8) is 0 Å². The summed E-state index contributed by atoms with van der Waals surface area (Å²) in [6.45, 7) is 0. The van der Waals surface area contributed by atoms with Gasteiger partial charge in [0.15, 0.2) is 6.23 Å². The molecule has 1 aliphatic rings. The van der Waals surface area contributed by atoms with E-state index in [0.717, 1.165) is 50.6 Å². The normalized spacial score (nSPS) is 13.8. The average Bonchev–Trinajstić information content (AvgIpc) is 3.92. The Labute approximate surface area is 306 Å². The highest BCUT2D eigenvalue weighted by Gasteiger charge is 2.28. The molecular weight excluding hydrogens is 647 g/mol. The summed E-state index contributed by atoms with van der Waals surface area (Å²) in [6.07, 6.45) is -0.298. The molecule has 2 aromatic heterocycles. The van der Waals surface area contributed by atoms with Gasteiger partial charge >= 0.3 is 0 Å². The Morgan fingerprint density at radius 1 is 0.396 bits per heavy atom. The predicted octanol–water partition coefficient (Wildman–Crippen LogP) is 12.7. The third-order valence-electron chi connectivity index (χ3n) is 10.7. The quantitative estimate of drug-likeness (QED) is 0.196. The first-order valence-electron chi connectivity index (χ1n) is 18.1. The highest BCUT2D eigenvalue weighted by molar-refractivity contribution is 6.11. The third-order valence-corrected chi connectivity index (χ3v) is 10.7. The topological polar surface area (TPSA) is 31.1 Å². The minimum atomic E-state index is -0.298. The van der Waals surface area contributed by atoms with Crippen LogP contribution in [0.4, 0.5) is 5.69 Å². The van der Waals surface area contributed by atoms with Crippen molar-refractivity contribution in [1.82, 2.24) is 9.13 Å². The minimum absolute atomic E-state index is 0.298. The van der Waals surface area contributed by atoms with Gasteiger partial charge in [-0.1, -0.05) is 133 Å². The number of nitrogens with one attached hydrogen (secondary N) is 1. The van der Waals surface area contributed by atoms with Crippen molar-refractivity contribution in [3.05, 3.63) is 194 Å². The molecule has 0 fully saturated rings. The lowest BCUT2D eigenvalue weighted by molar-refractivity contribution is 0.260. The minimum Gasteiger partial charge on any atom is -0.464 e. The van der Waals surface area contributed by atoms with E-state index in [1.54, 1.807) is 0 Å². The van der Waals surface area contributed by atoms with Crippen molar-refractivity contribution in [2.75, 3.05) is 5.32 Å². The average molecular weight is 680 g/mol. The highest BCUT2D eigenvalue weighted by Crippen LogP contribution is 2.48. The molecule has 0 radical (unpaired) electrons. The maximum atomic E-state index is 6.73. The lowest BCUT2D eigenvalue weighted by Gasteiger charge is -2.18. The maximum Gasteiger partial charge on any atom is 0.196 e. The van der Waals surface area contributed by atoms with Crippen molar-refractivity contribution in [1.29, 1.82) is 0 Å². The molecule has 1 unspecified atom stereocenters. The van der Waals surface area contributed by atoms with Crippen LogP contribution < -0.4 is 10.1 Å². The zero-order valence-electron chi connectivity index (χ0n) is 28.8. The fraction of sp³-hybridized carbons (Fsp3) is 0.0204. The molecule has 0 amide bonds. The van der Waals surface area contributed by atoms with E-state index < -0.39 is 0 Å². The summed E-state index contributed by atoms with van der Waals surface area (Å²) in [5.74, 6) is 0.843. The molecule has 0 bridgehead atoms. The summed E-state index contributed by atoms with van der Waals surface area (Å²) < 4.78 is 11.6. The SMILES string of the molecule is c1ccc(-c2cc3c(c(-c4cc(-n5c6ccccc6c6ccccc65)cc(-n5c6ccccc6c6ccccc65)c4)c2)NC(c2ccccc2)O3)cc1. The van der Waals surface area contributed by atoms with Gasteiger partial charge in [0.2, 0.25) is 0 Å². The monoisotopic (exact) mass is 679 g/mol. The van der Waals surface area contributed by atoms with Crippen LogP contribution in [-0.2, 0) is 0 Å². The number of anilines is 1. The second-order valence-corrected chi connectivity index (χ2v) is 13.8. The van der Waals surface area contributed by atoms with Crippen LogP contribution in [0.2, 0.25) is 0 Å². The number of rotatable bonds is 5. The number of fused-ring (bicyclic) bond motifs is 7. The van der Waals surface area contributed by atoms with Gasteiger partial charge in [-0.05, 0) is 71.3 Å². The van der Waals surface area contributed by atoms with Gasteiger partial charge in [0.25, 0.3) is 0 Å². The number of ether oxygens (including phenoxy) is 1. The van der Waals surface area contributed by atoms with E-state index in [-0.39, 0.29) is 6.23 Å². The van der Waals surface area contributed by atoms with Gasteiger partial charge in [-0.15, -0.1) is 0 Å². The summed E-state index contributed by atoms with van der Waals surface area (Å²) in [4.78, 5) is 0. The molecule has 1 atom stereocenters. The van der Waals surface area contributed by atoms with Crippen LogP contribution in [0.1, 0.15) is 11.8 Å². The molecule has 0 saturated heterocycles. The van der Waals surface area contributed by atoms with Gasteiger partial charge in [-0.3, -0.25) is 0 Å². The fourth-order valence-corrected chi connectivity index (χ4v) is 8.36. The summed E-state index contributed by atoms with van der Waals surface area (Å²) in [7, 11) is 0. The Kier molecular flexibility index (Phi) is 6.58. The molecule has 8 aromatic carbocycles. The van der Waals surface area contributed by atoms with Crippen LogP contribution in [0.3, 0.4) is 0 Å². The molecule has 0 saturated carbocycles. The summed E-state index contributed by atoms with van der Waals surface area (Å²) in [6, 6.07) is 67.4. The molecule has 53 heavy (non-hydrogen) atoms. The number of aromatic nitrogens is 2. The number of para-hydroxylation sites is 4. The smallest absolute Gasteiger partial charge is 0.196 e. The lowest BCUT2D eigenvalue weighted by atomic mass is 9.96. The number of hydrogen-bond acceptors (Lipinski definition) is 2. The van der Waals surface area contributed by atoms with Gasteiger partial charge in [-0.2, -0.15) is 0 Å². The van der Waals surface area contributed by atoms with Gasteiger partial charge in [0.05, 0.1) is 27.8 Å². The Balaban J connectivity index is 1.23. The predicted molar refractivity (Wildman–Crippen MR) is 219 cm³/mol. The molecule has 1 aliphatic heterocycles. The first-order chi connectivity index (χ1) is 26.3. The number of nitrogens with zero attached hydrogens (tertiary/aromatic N) is 2. The van der Waals surface area contributed by atoms with Crippen LogP contribution in [-0.4, -0.2) is 9.13 Å². The van der Waals surface area contributed by atoms with Crippen LogP contribution in [0.15, 0.2) is 188 Å². The molecule has 3 heterocycles. The second-order valence-electron chi connectivity index (χ2n) is 13.8. The summed E-state index contributed by atoms with van der Waals surface area (Å²) >= 11 is 0. The number of hydrogen-bond donors (Lipinski definition) is 1. The zero-order chi connectivity index (χ0) is 34.9. The standard InChI is InChI=1S/C49H33N3O/c1-3-15-32(16-4-1)34-29-42(48-47(30-34)53-49(50-48)33-17-5-2-6-18-33)35-27-36(51-43-23-11-7-19-38(43)39-20-8-12-24-44(39)51)31-37(28-35)52-45-25-13-9-21-40(45)41-22-10-14-26-46(41)52/h1-31,49-50H. The molecule has 4 heteroatoms. The van der Waals surface area contributed by atoms with Crippen LogP contribution in [0.5, 0.6) is 5.75 Å². The molecule has 1 N–H and O–H groups in total. The van der Waals surface area contributed by atoms with E-state index in [1.165, 1.54) is 43.6 Å². The molecular formula is C49H33N3O. The Bertz CT molecular complexity index is 2770. The molecule has 4 nitrogen and oxygen atoms in total. The number of benzene rings is 8. The highest BCUT2D eigenvalue weighted by atomic mass is 16.5. The Hall–Kier alpha value is -7.04. The van der Waals surface area contributed by atoms with Gasteiger partial charge in [0.1, 0.15) is 5.75 Å². The molecule has 0 aliphatic carbocycles. The van der Waals surface area contributed by atoms with E-state index in [2.05, 4.69) is 196 Å². The van der Waals surface area contributed by atoms with Crippen LogP contribution in [0.25, 0.3) is 77.2 Å². The van der Waals surface area contributed by atoms with Crippen LogP contribution in [0, 0.1) is 0 Å². The largest absolute Gasteiger partial charge is 0.464 e. The van der Waals surface area contributed by atoms with Crippen LogP contribution >= 0.6 is 0 Å². The first-order valence-corrected chi connectivity index (χ1v) is 18.1. The third kappa shape index (κ3) is 4.69. The van der Waals surface area contributed by atoms with E-state index in [9.17, 15) is 0 Å². The zero-order valence-corrected chi connectivity index (χ0v) is 28.8. The summed E-state index contributed by atoms with van der Waals surface area (Å²) in [5.41, 5.74) is 13.4. The Morgan fingerprint density at radius 3 is 1.36 bits per heavy atom. The van der Waals surface area contributed by atoms with Gasteiger partial charge < -0.3 is 19.2 Å². The first kappa shape index (κ1) is 29.7. The fourth-order valence-electron chi connectivity index (χ4n) is 8.36. The lowest BCUT2D eigenvalue weighted by Crippen LogP contribution is -2.09. The summed E-state index contributed by atoms with van der Waals surface area (Å²) in [5, 5.41) is 8.73. The molecule has 10 aromatic rings. The van der Waals surface area contributed by atoms with Crippen molar-refractivity contribution >= 4 is 49.3 Å². The van der Waals surface area contributed by atoms with E-state index in [4.69, 9.17) is 4.74 Å². The van der Waals surface area contributed by atoms with Crippen molar-refractivity contribution in [3.8, 4) is 39.4 Å². The van der Waals surface area contributed by atoms with E-state index in [0.29, 0.717) is 0 Å². The second kappa shape index (κ2) is 11.8. The Morgan fingerprint density at radius 2 is 0.849 bits per heavy atom. The van der Waals surface area contributed by atoms with Gasteiger partial charge in [-0.25, -0.2) is 0 Å². The van der Waals surface area contributed by atoms with Crippen molar-refractivity contribution in [2.45, 2.75) is 6.23 Å². The van der Waals surface area contributed by atoms with Gasteiger partial charge in [0, 0.05) is 44.0 Å². The van der Waals surface area contributed by atoms with E-state index >= 15 is 0 Å². The molecule has 0 spiro atoms. The van der Waals surface area contributed by atoms with Crippen molar-refractivity contribution in [2.24, 2.45) is 0 Å². The molecule has 11 rings (SSSR count). The molecule has 250 valence electrons.